The van der Waals surface area contributed by atoms with E-state index < -0.39 is 11.6 Å². The zero-order valence-electron chi connectivity index (χ0n) is 15.6. The summed E-state index contributed by atoms with van der Waals surface area (Å²) in [6.45, 7) is 1.86. The fraction of sp³-hybridized carbons (Fsp3) is 0.238. The maximum Gasteiger partial charge on any atom is 0.281 e. The molecule has 2 aromatic heterocycles. The van der Waals surface area contributed by atoms with Crippen LogP contribution < -0.4 is 17.0 Å². The van der Waals surface area contributed by atoms with Crippen LogP contribution in [0.5, 0.6) is 0 Å². The summed E-state index contributed by atoms with van der Waals surface area (Å²) in [7, 11) is 0. The molecule has 4 aromatic rings. The number of rotatable bonds is 3. The zero-order chi connectivity index (χ0) is 20.4. The lowest BCUT2D eigenvalue weighted by Crippen LogP contribution is -2.21. The molecule has 0 aliphatic heterocycles. The summed E-state index contributed by atoms with van der Waals surface area (Å²) in [5.74, 6) is -1.04. The molecule has 2 aromatic carbocycles. The minimum Gasteiger partial charge on any atom is -0.438 e. The Kier molecular flexibility index (Phi) is 3.76. The van der Waals surface area contributed by atoms with Gasteiger partial charge in [0.05, 0.1) is 17.7 Å². The lowest BCUT2D eigenvalue weighted by Gasteiger charge is -2.16. The summed E-state index contributed by atoms with van der Waals surface area (Å²) in [6, 6.07) is 5.54. The topological polar surface area (TPSA) is 100 Å². The van der Waals surface area contributed by atoms with E-state index in [1.165, 1.54) is 0 Å². The van der Waals surface area contributed by atoms with Crippen molar-refractivity contribution < 1.29 is 13.2 Å². The number of halogens is 2. The number of aryl methyl sites for hydroxylation is 1. The quantitative estimate of drug-likeness (QED) is 0.514. The van der Waals surface area contributed by atoms with Crippen LogP contribution in [0.2, 0.25) is 0 Å². The van der Waals surface area contributed by atoms with E-state index in [0.29, 0.717) is 27.6 Å². The molecule has 0 radical (unpaired) electrons. The molecule has 0 atom stereocenters. The lowest BCUT2D eigenvalue weighted by atomic mass is 9.96. The molecule has 0 amide bonds. The van der Waals surface area contributed by atoms with Crippen molar-refractivity contribution >= 4 is 27.7 Å². The predicted molar refractivity (Wildman–Crippen MR) is 106 cm³/mol. The maximum absolute atomic E-state index is 14.6. The molecule has 1 aliphatic carbocycles. The first kappa shape index (κ1) is 17.8. The summed E-state index contributed by atoms with van der Waals surface area (Å²) in [4.78, 5) is 17.4. The van der Waals surface area contributed by atoms with E-state index in [0.717, 1.165) is 25.0 Å². The van der Waals surface area contributed by atoms with Crippen molar-refractivity contribution in [3.8, 4) is 11.1 Å². The molecule has 8 heteroatoms. The number of hydrogen-bond acceptors (Lipinski definition) is 5. The number of hydrogen-bond donors (Lipinski definition) is 2. The first-order valence-electron chi connectivity index (χ1n) is 9.33. The molecule has 0 spiro atoms. The van der Waals surface area contributed by atoms with Crippen molar-refractivity contribution in [1.82, 2.24) is 9.55 Å². The number of nitrogen functional groups attached to an aromatic ring is 1. The minimum atomic E-state index is -0.696. The Morgan fingerprint density at radius 1 is 1.21 bits per heavy atom. The van der Waals surface area contributed by atoms with Crippen molar-refractivity contribution in [2.24, 2.45) is 5.73 Å². The molecule has 0 saturated heterocycles. The SMILES string of the molecule is Cc1c(-c2cc(F)c(N)cc2F)ccc2c3oc(CN)nc3c(=O)n(C3CC3)c12. The van der Waals surface area contributed by atoms with Gasteiger partial charge in [-0.3, -0.25) is 4.79 Å². The van der Waals surface area contributed by atoms with E-state index in [2.05, 4.69) is 4.98 Å². The molecule has 0 bridgehead atoms. The smallest absolute Gasteiger partial charge is 0.281 e. The second-order valence-electron chi connectivity index (χ2n) is 7.38. The third-order valence-corrected chi connectivity index (χ3v) is 5.47. The number of anilines is 1. The average molecular weight is 396 g/mol. The summed E-state index contributed by atoms with van der Waals surface area (Å²) in [5, 5.41) is 0.691. The highest BCUT2D eigenvalue weighted by Gasteiger charge is 2.30. The van der Waals surface area contributed by atoms with Crippen molar-refractivity contribution in [1.29, 1.82) is 0 Å². The van der Waals surface area contributed by atoms with Gasteiger partial charge < -0.3 is 20.5 Å². The van der Waals surface area contributed by atoms with Crippen LogP contribution >= 0.6 is 0 Å². The number of aromatic nitrogens is 2. The van der Waals surface area contributed by atoms with E-state index in [1.54, 1.807) is 23.6 Å². The van der Waals surface area contributed by atoms with Gasteiger partial charge in [-0.1, -0.05) is 6.07 Å². The van der Waals surface area contributed by atoms with Crippen molar-refractivity contribution in [3.63, 3.8) is 0 Å². The molecule has 1 fully saturated rings. The van der Waals surface area contributed by atoms with Crippen LogP contribution in [0.1, 0.15) is 30.3 Å². The monoisotopic (exact) mass is 396 g/mol. The summed E-state index contributed by atoms with van der Waals surface area (Å²) in [6.07, 6.45) is 1.74. The Labute approximate surface area is 163 Å². The number of fused-ring (bicyclic) bond motifs is 3. The molecular formula is C21H18F2N4O2. The largest absolute Gasteiger partial charge is 0.438 e. The number of benzene rings is 2. The number of nitrogens with zero attached hydrogens (tertiary/aromatic N) is 2. The van der Waals surface area contributed by atoms with Crippen LogP contribution in [0.15, 0.2) is 33.5 Å². The highest BCUT2D eigenvalue weighted by atomic mass is 19.1. The van der Waals surface area contributed by atoms with E-state index in [9.17, 15) is 13.6 Å². The van der Waals surface area contributed by atoms with Crippen molar-refractivity contribution in [2.75, 3.05) is 5.73 Å². The molecule has 2 heterocycles. The van der Waals surface area contributed by atoms with Crippen LogP contribution in [0.25, 0.3) is 33.1 Å². The molecule has 29 heavy (non-hydrogen) atoms. The Balaban J connectivity index is 1.90. The summed E-state index contributed by atoms with van der Waals surface area (Å²) in [5.41, 5.74) is 13.1. The van der Waals surface area contributed by atoms with Gasteiger partial charge >= 0.3 is 0 Å². The molecule has 148 valence electrons. The molecule has 5 rings (SSSR count). The highest BCUT2D eigenvalue weighted by Crippen LogP contribution is 2.41. The van der Waals surface area contributed by atoms with E-state index >= 15 is 0 Å². The van der Waals surface area contributed by atoms with Crippen molar-refractivity contribution in [2.45, 2.75) is 32.4 Å². The second kappa shape index (κ2) is 6.12. The lowest BCUT2D eigenvalue weighted by molar-refractivity contribution is 0.535. The Hall–Kier alpha value is -3.26. The summed E-state index contributed by atoms with van der Waals surface area (Å²) >= 11 is 0. The highest BCUT2D eigenvalue weighted by molar-refractivity contribution is 6.04. The van der Waals surface area contributed by atoms with Crippen LogP contribution in [-0.4, -0.2) is 9.55 Å². The van der Waals surface area contributed by atoms with Gasteiger partial charge in [-0.05, 0) is 43.0 Å². The third kappa shape index (κ3) is 2.56. The first-order chi connectivity index (χ1) is 13.9. The van der Waals surface area contributed by atoms with Gasteiger partial charge in [-0.25, -0.2) is 13.8 Å². The number of pyridine rings is 1. The van der Waals surface area contributed by atoms with Crippen LogP contribution in [0.3, 0.4) is 0 Å². The molecule has 0 unspecified atom stereocenters. The standard InChI is InChI=1S/C21H18F2N4O2/c1-9-11(13-6-15(23)16(25)7-14(13)22)4-5-12-19(9)27(10-2-3-10)21(28)18-20(12)29-17(8-24)26-18/h4-7,10H,2-3,8,24-25H2,1H3. The van der Waals surface area contributed by atoms with Gasteiger partial charge in [0, 0.05) is 23.1 Å². The number of oxazole rings is 1. The van der Waals surface area contributed by atoms with Gasteiger partial charge in [-0.2, -0.15) is 0 Å². The molecule has 4 N–H and O–H groups in total. The van der Waals surface area contributed by atoms with E-state index in [4.69, 9.17) is 15.9 Å². The van der Waals surface area contributed by atoms with Gasteiger partial charge in [0.25, 0.3) is 5.56 Å². The van der Waals surface area contributed by atoms with E-state index in [1.807, 2.05) is 0 Å². The average Bonchev–Trinajstić information content (AvgIpc) is 3.43. The Bertz CT molecular complexity index is 1370. The zero-order valence-corrected chi connectivity index (χ0v) is 15.6. The second-order valence-corrected chi connectivity index (χ2v) is 7.38. The minimum absolute atomic E-state index is 0.0503. The van der Waals surface area contributed by atoms with Gasteiger partial charge in [0.1, 0.15) is 11.6 Å². The van der Waals surface area contributed by atoms with Gasteiger partial charge in [0.15, 0.2) is 11.1 Å². The van der Waals surface area contributed by atoms with Gasteiger partial charge in [-0.15, -0.1) is 0 Å². The fourth-order valence-corrected chi connectivity index (χ4v) is 3.93. The molecular weight excluding hydrogens is 378 g/mol. The Morgan fingerprint density at radius 2 is 1.97 bits per heavy atom. The van der Waals surface area contributed by atoms with E-state index in [-0.39, 0.29) is 40.8 Å². The number of nitrogens with two attached hydrogens (primary N) is 2. The van der Waals surface area contributed by atoms with Crippen LogP contribution in [0.4, 0.5) is 14.5 Å². The predicted octanol–water partition coefficient (Wildman–Crippen LogP) is 3.77. The van der Waals surface area contributed by atoms with Crippen LogP contribution in [0, 0.1) is 18.6 Å². The molecule has 1 aliphatic rings. The van der Waals surface area contributed by atoms with Crippen LogP contribution in [-0.2, 0) is 6.54 Å². The molecule has 1 saturated carbocycles. The fourth-order valence-electron chi connectivity index (χ4n) is 3.93. The normalized spacial score (nSPS) is 14.2. The third-order valence-electron chi connectivity index (χ3n) is 5.47. The first-order valence-corrected chi connectivity index (χ1v) is 9.33. The molecule has 6 nitrogen and oxygen atoms in total. The Morgan fingerprint density at radius 3 is 2.66 bits per heavy atom. The maximum atomic E-state index is 14.6. The summed E-state index contributed by atoms with van der Waals surface area (Å²) < 4.78 is 36.1. The van der Waals surface area contributed by atoms with Gasteiger partial charge in [0.2, 0.25) is 5.89 Å². The van der Waals surface area contributed by atoms with Crippen molar-refractivity contribution in [3.05, 3.63) is 57.7 Å².